The third-order valence-corrected chi connectivity index (χ3v) is 2.77. The first-order valence-electron chi connectivity index (χ1n) is 6.20. The van der Waals surface area contributed by atoms with Crippen molar-refractivity contribution in [2.75, 3.05) is 19.6 Å². The van der Waals surface area contributed by atoms with E-state index < -0.39 is 0 Å². The van der Waals surface area contributed by atoms with Crippen molar-refractivity contribution in [2.24, 2.45) is 5.92 Å². The van der Waals surface area contributed by atoms with E-state index in [2.05, 4.69) is 29.5 Å². The van der Waals surface area contributed by atoms with E-state index in [0.29, 0.717) is 0 Å². The summed E-state index contributed by atoms with van der Waals surface area (Å²) in [5.41, 5.74) is 1.11. The van der Waals surface area contributed by atoms with E-state index in [4.69, 9.17) is 11.6 Å². The third-order valence-electron chi connectivity index (χ3n) is 2.43. The summed E-state index contributed by atoms with van der Waals surface area (Å²) in [6.07, 6.45) is 4.59. The van der Waals surface area contributed by atoms with E-state index in [1.54, 1.807) is 12.4 Å². The average Bonchev–Trinajstić information content (AvgIpc) is 2.30. The van der Waals surface area contributed by atoms with Gasteiger partial charge in [-0.1, -0.05) is 25.4 Å². The number of nitrogens with zero attached hydrogens (tertiary/aromatic N) is 1. The SMILES string of the molecule is CC(C)CNCCCNCc1ccncc1Cl. The Balaban J connectivity index is 2.03. The zero-order chi connectivity index (χ0) is 12.5. The maximum absolute atomic E-state index is 6.01. The lowest BCUT2D eigenvalue weighted by molar-refractivity contribution is 0.530. The van der Waals surface area contributed by atoms with Gasteiger partial charge in [0.25, 0.3) is 0 Å². The van der Waals surface area contributed by atoms with Crippen molar-refractivity contribution in [1.82, 2.24) is 15.6 Å². The second-order valence-corrected chi connectivity index (χ2v) is 5.00. The molecule has 0 aliphatic rings. The average molecular weight is 256 g/mol. The highest BCUT2D eigenvalue weighted by atomic mass is 35.5. The largest absolute Gasteiger partial charge is 0.316 e. The van der Waals surface area contributed by atoms with Gasteiger partial charge in [-0.3, -0.25) is 4.98 Å². The summed E-state index contributed by atoms with van der Waals surface area (Å²) in [4.78, 5) is 3.96. The van der Waals surface area contributed by atoms with Gasteiger partial charge in [-0.2, -0.15) is 0 Å². The van der Waals surface area contributed by atoms with E-state index in [1.165, 1.54) is 0 Å². The van der Waals surface area contributed by atoms with E-state index in [9.17, 15) is 0 Å². The van der Waals surface area contributed by atoms with Gasteiger partial charge in [0.2, 0.25) is 0 Å². The molecular formula is C13H22ClN3. The normalized spacial score (nSPS) is 11.1. The highest BCUT2D eigenvalue weighted by Crippen LogP contribution is 2.12. The first-order chi connectivity index (χ1) is 8.20. The van der Waals surface area contributed by atoms with Gasteiger partial charge in [0.05, 0.1) is 5.02 Å². The Bertz CT molecular complexity index is 315. The van der Waals surface area contributed by atoms with Crippen LogP contribution in [0.4, 0.5) is 0 Å². The maximum Gasteiger partial charge on any atom is 0.0634 e. The molecule has 0 aliphatic heterocycles. The second-order valence-electron chi connectivity index (χ2n) is 4.60. The fourth-order valence-electron chi connectivity index (χ4n) is 1.50. The molecule has 0 unspecified atom stereocenters. The van der Waals surface area contributed by atoms with E-state index in [0.717, 1.165) is 49.1 Å². The molecule has 0 aliphatic carbocycles. The number of halogens is 1. The topological polar surface area (TPSA) is 37.0 Å². The monoisotopic (exact) mass is 255 g/mol. The minimum atomic E-state index is 0.721. The van der Waals surface area contributed by atoms with Gasteiger partial charge in [-0.15, -0.1) is 0 Å². The lowest BCUT2D eigenvalue weighted by Gasteiger charge is -2.08. The number of rotatable bonds is 8. The van der Waals surface area contributed by atoms with Crippen LogP contribution in [0.15, 0.2) is 18.5 Å². The van der Waals surface area contributed by atoms with Crippen molar-refractivity contribution in [3.8, 4) is 0 Å². The van der Waals surface area contributed by atoms with Gasteiger partial charge in [-0.25, -0.2) is 0 Å². The van der Waals surface area contributed by atoms with Crippen LogP contribution in [0.3, 0.4) is 0 Å². The van der Waals surface area contributed by atoms with Crippen molar-refractivity contribution in [3.05, 3.63) is 29.0 Å². The Labute approximate surface area is 109 Å². The fraction of sp³-hybridized carbons (Fsp3) is 0.615. The van der Waals surface area contributed by atoms with Gasteiger partial charge in [0.1, 0.15) is 0 Å². The first kappa shape index (κ1) is 14.4. The molecule has 0 aromatic carbocycles. The molecule has 2 N–H and O–H groups in total. The minimum absolute atomic E-state index is 0.721. The Morgan fingerprint density at radius 2 is 2.06 bits per heavy atom. The predicted molar refractivity (Wildman–Crippen MR) is 73.3 cm³/mol. The minimum Gasteiger partial charge on any atom is -0.316 e. The molecule has 0 saturated carbocycles. The highest BCUT2D eigenvalue weighted by Gasteiger charge is 1.98. The number of pyridine rings is 1. The molecule has 17 heavy (non-hydrogen) atoms. The molecule has 1 rings (SSSR count). The number of nitrogens with one attached hydrogen (secondary N) is 2. The zero-order valence-electron chi connectivity index (χ0n) is 10.7. The molecule has 0 radical (unpaired) electrons. The van der Waals surface area contributed by atoms with Gasteiger partial charge in [-0.05, 0) is 43.6 Å². The standard InChI is InChI=1S/C13H22ClN3/c1-11(2)8-15-5-3-6-16-9-12-4-7-17-10-13(12)14/h4,7,10-11,15-16H,3,5-6,8-9H2,1-2H3. The number of hydrogen-bond acceptors (Lipinski definition) is 3. The summed E-state index contributed by atoms with van der Waals surface area (Å²) < 4.78 is 0. The van der Waals surface area contributed by atoms with Crippen LogP contribution in [0.25, 0.3) is 0 Å². The number of aromatic nitrogens is 1. The van der Waals surface area contributed by atoms with Gasteiger partial charge >= 0.3 is 0 Å². The van der Waals surface area contributed by atoms with E-state index >= 15 is 0 Å². The highest BCUT2D eigenvalue weighted by molar-refractivity contribution is 6.31. The molecule has 0 spiro atoms. The predicted octanol–water partition coefficient (Wildman–Crippen LogP) is 2.46. The summed E-state index contributed by atoms with van der Waals surface area (Å²) in [5.74, 6) is 0.721. The van der Waals surface area contributed by atoms with Crippen LogP contribution in [0.5, 0.6) is 0 Å². The molecule has 1 heterocycles. The van der Waals surface area contributed by atoms with Crippen LogP contribution in [0, 0.1) is 5.92 Å². The molecule has 0 fully saturated rings. The van der Waals surface area contributed by atoms with Crippen LogP contribution in [-0.4, -0.2) is 24.6 Å². The summed E-state index contributed by atoms with van der Waals surface area (Å²) in [6.45, 7) is 8.41. The molecular weight excluding hydrogens is 234 g/mol. The van der Waals surface area contributed by atoms with Gasteiger partial charge in [0, 0.05) is 18.9 Å². The Morgan fingerprint density at radius 3 is 2.76 bits per heavy atom. The molecule has 3 nitrogen and oxygen atoms in total. The van der Waals surface area contributed by atoms with Crippen molar-refractivity contribution in [2.45, 2.75) is 26.8 Å². The van der Waals surface area contributed by atoms with Crippen LogP contribution in [-0.2, 0) is 6.54 Å². The van der Waals surface area contributed by atoms with E-state index in [1.807, 2.05) is 6.07 Å². The fourth-order valence-corrected chi connectivity index (χ4v) is 1.69. The summed E-state index contributed by atoms with van der Waals surface area (Å²) >= 11 is 6.01. The van der Waals surface area contributed by atoms with Crippen molar-refractivity contribution >= 4 is 11.6 Å². The first-order valence-corrected chi connectivity index (χ1v) is 6.57. The Hall–Kier alpha value is -0.640. The van der Waals surface area contributed by atoms with Gasteiger partial charge in [0.15, 0.2) is 0 Å². The second kappa shape index (κ2) is 8.45. The third kappa shape index (κ3) is 6.61. The van der Waals surface area contributed by atoms with Crippen LogP contribution in [0.2, 0.25) is 5.02 Å². The van der Waals surface area contributed by atoms with Crippen molar-refractivity contribution in [3.63, 3.8) is 0 Å². The van der Waals surface area contributed by atoms with Crippen molar-refractivity contribution < 1.29 is 0 Å². The lowest BCUT2D eigenvalue weighted by atomic mass is 10.2. The Kier molecular flexibility index (Phi) is 7.17. The molecule has 0 bridgehead atoms. The smallest absolute Gasteiger partial charge is 0.0634 e. The lowest BCUT2D eigenvalue weighted by Crippen LogP contribution is -2.24. The summed E-state index contributed by atoms with van der Waals surface area (Å²) in [7, 11) is 0. The van der Waals surface area contributed by atoms with Gasteiger partial charge < -0.3 is 10.6 Å². The molecule has 0 atom stereocenters. The number of hydrogen-bond donors (Lipinski definition) is 2. The maximum atomic E-state index is 6.01. The molecule has 96 valence electrons. The van der Waals surface area contributed by atoms with Crippen LogP contribution in [0.1, 0.15) is 25.8 Å². The summed E-state index contributed by atoms with van der Waals surface area (Å²) in [6, 6.07) is 1.95. The molecule has 0 amide bonds. The summed E-state index contributed by atoms with van der Waals surface area (Å²) in [5, 5.41) is 7.53. The molecule has 0 saturated heterocycles. The van der Waals surface area contributed by atoms with Crippen molar-refractivity contribution in [1.29, 1.82) is 0 Å². The van der Waals surface area contributed by atoms with Crippen LogP contribution >= 0.6 is 11.6 Å². The quantitative estimate of drug-likeness (QED) is 0.701. The molecule has 4 heteroatoms. The molecule has 1 aromatic heterocycles. The van der Waals surface area contributed by atoms with E-state index in [-0.39, 0.29) is 0 Å². The Morgan fingerprint density at radius 1 is 1.29 bits per heavy atom. The van der Waals surface area contributed by atoms with Crippen LogP contribution < -0.4 is 10.6 Å². The zero-order valence-corrected chi connectivity index (χ0v) is 11.4. The molecule has 1 aromatic rings.